The van der Waals surface area contributed by atoms with Crippen LogP contribution in [0.15, 0.2) is 5.38 Å². The van der Waals surface area contributed by atoms with Crippen LogP contribution in [0.2, 0.25) is 0 Å². The van der Waals surface area contributed by atoms with E-state index in [2.05, 4.69) is 4.98 Å². The number of hydrogen-bond acceptors (Lipinski definition) is 6. The van der Waals surface area contributed by atoms with Crippen LogP contribution in [0.5, 0.6) is 0 Å². The van der Waals surface area contributed by atoms with Crippen molar-refractivity contribution >= 4 is 27.5 Å². The van der Waals surface area contributed by atoms with Gasteiger partial charge >= 0.3 is 0 Å². The predicted octanol–water partition coefficient (Wildman–Crippen LogP) is -0.876. The van der Waals surface area contributed by atoms with Gasteiger partial charge in [-0.1, -0.05) is 0 Å². The zero-order chi connectivity index (χ0) is 14.9. The summed E-state index contributed by atoms with van der Waals surface area (Å²) in [6, 6.07) is -0.208. The molecule has 1 atom stereocenters. The molecular weight excluding hydrogens is 302 g/mol. The van der Waals surface area contributed by atoms with E-state index < -0.39 is 10.2 Å². The topological polar surface area (TPSA) is 123 Å². The number of hydrogen-bond donors (Lipinski definition) is 2. The van der Waals surface area contributed by atoms with Crippen LogP contribution < -0.4 is 10.9 Å². The molecule has 0 saturated carbocycles. The van der Waals surface area contributed by atoms with Crippen molar-refractivity contribution in [1.29, 1.82) is 0 Å². The number of amides is 1. The summed E-state index contributed by atoms with van der Waals surface area (Å²) in [6.07, 6.45) is 0. The minimum Gasteiger partial charge on any atom is -0.335 e. The van der Waals surface area contributed by atoms with Crippen molar-refractivity contribution in [3.8, 4) is 0 Å². The number of piperazine rings is 1. The van der Waals surface area contributed by atoms with E-state index in [1.165, 1.54) is 11.3 Å². The second kappa shape index (κ2) is 5.74. The summed E-state index contributed by atoms with van der Waals surface area (Å²) in [5, 5.41) is 7.43. The summed E-state index contributed by atoms with van der Waals surface area (Å²) in [5.41, 5.74) is 6.06. The molecule has 0 aliphatic carbocycles. The zero-order valence-corrected chi connectivity index (χ0v) is 12.7. The Hall–Kier alpha value is -1.07. The fraction of sp³-hybridized carbons (Fsp3) is 0.600. The Kier molecular flexibility index (Phi) is 4.39. The molecule has 1 aromatic heterocycles. The molecule has 1 fully saturated rings. The van der Waals surface area contributed by atoms with Gasteiger partial charge < -0.3 is 10.6 Å². The number of rotatable bonds is 3. The second-order valence-corrected chi connectivity index (χ2v) is 7.03. The van der Waals surface area contributed by atoms with Crippen LogP contribution in [-0.4, -0.2) is 54.7 Å². The molecule has 1 aliphatic heterocycles. The van der Waals surface area contributed by atoms with Gasteiger partial charge in [-0.3, -0.25) is 4.79 Å². The van der Waals surface area contributed by atoms with Crippen molar-refractivity contribution in [2.24, 2.45) is 10.9 Å². The van der Waals surface area contributed by atoms with Crippen molar-refractivity contribution in [1.82, 2.24) is 14.2 Å². The number of carbonyl (C=O) groups excluding carboxylic acids is 1. The molecule has 10 heteroatoms. The lowest BCUT2D eigenvalue weighted by Crippen LogP contribution is -2.52. The lowest BCUT2D eigenvalue weighted by molar-refractivity contribution is 0.0692. The highest BCUT2D eigenvalue weighted by molar-refractivity contribution is 7.86. The van der Waals surface area contributed by atoms with Gasteiger partial charge in [0.1, 0.15) is 10.7 Å². The highest BCUT2D eigenvalue weighted by Crippen LogP contribution is 2.17. The standard InChI is InChI=1S/C10H17N5O3S2/c1-7(11)9-13-8(6-19-9)10(16)14-2-4-15(5-3-14)20(12,17)18/h6-7H,2-5,11H2,1H3,(H2,12,17,18). The van der Waals surface area contributed by atoms with Gasteiger partial charge in [0, 0.05) is 31.6 Å². The molecule has 1 unspecified atom stereocenters. The maximum absolute atomic E-state index is 12.2. The molecule has 0 bridgehead atoms. The van der Waals surface area contributed by atoms with E-state index in [4.69, 9.17) is 10.9 Å². The van der Waals surface area contributed by atoms with Gasteiger partial charge in [0.05, 0.1) is 6.04 Å². The first-order valence-electron chi connectivity index (χ1n) is 6.07. The SMILES string of the molecule is CC(N)c1nc(C(=O)N2CCN(S(N)(=O)=O)CC2)cs1. The lowest BCUT2D eigenvalue weighted by Gasteiger charge is -2.32. The Labute approximate surface area is 121 Å². The Bertz CT molecular complexity index is 590. The number of nitrogens with two attached hydrogens (primary N) is 2. The molecule has 20 heavy (non-hydrogen) atoms. The van der Waals surface area contributed by atoms with Crippen molar-refractivity contribution in [2.75, 3.05) is 26.2 Å². The van der Waals surface area contributed by atoms with E-state index in [0.717, 1.165) is 4.31 Å². The Morgan fingerprint density at radius 2 is 2.00 bits per heavy atom. The van der Waals surface area contributed by atoms with Gasteiger partial charge in [0.15, 0.2) is 0 Å². The van der Waals surface area contributed by atoms with Gasteiger partial charge in [-0.2, -0.15) is 12.7 Å². The third-order valence-electron chi connectivity index (χ3n) is 3.02. The molecule has 1 aliphatic rings. The van der Waals surface area contributed by atoms with Gasteiger partial charge in [-0.15, -0.1) is 11.3 Å². The van der Waals surface area contributed by atoms with Crippen LogP contribution in [-0.2, 0) is 10.2 Å². The van der Waals surface area contributed by atoms with E-state index in [1.807, 2.05) is 0 Å². The van der Waals surface area contributed by atoms with Crippen LogP contribution in [0.3, 0.4) is 0 Å². The highest BCUT2D eigenvalue weighted by Gasteiger charge is 2.28. The molecule has 0 spiro atoms. The predicted molar refractivity (Wildman–Crippen MR) is 75.3 cm³/mol. The van der Waals surface area contributed by atoms with Gasteiger partial charge in [-0.05, 0) is 6.92 Å². The summed E-state index contributed by atoms with van der Waals surface area (Å²) in [4.78, 5) is 18.0. The molecule has 4 N–H and O–H groups in total. The van der Waals surface area contributed by atoms with Gasteiger partial charge in [-0.25, -0.2) is 10.1 Å². The molecule has 1 amide bonds. The van der Waals surface area contributed by atoms with E-state index >= 15 is 0 Å². The molecule has 2 rings (SSSR count). The third-order valence-corrected chi connectivity index (χ3v) is 5.15. The maximum atomic E-state index is 12.2. The monoisotopic (exact) mass is 319 g/mol. The summed E-state index contributed by atoms with van der Waals surface area (Å²) >= 11 is 1.34. The molecule has 8 nitrogen and oxygen atoms in total. The van der Waals surface area contributed by atoms with Crippen molar-refractivity contribution < 1.29 is 13.2 Å². The maximum Gasteiger partial charge on any atom is 0.277 e. The van der Waals surface area contributed by atoms with Crippen molar-refractivity contribution in [3.63, 3.8) is 0 Å². The first-order chi connectivity index (χ1) is 9.29. The molecule has 2 heterocycles. The summed E-state index contributed by atoms with van der Waals surface area (Å²) in [7, 11) is -3.68. The average molecular weight is 319 g/mol. The van der Waals surface area contributed by atoms with E-state index in [0.29, 0.717) is 23.8 Å². The summed E-state index contributed by atoms with van der Waals surface area (Å²) < 4.78 is 23.5. The number of nitrogens with zero attached hydrogens (tertiary/aromatic N) is 3. The van der Waals surface area contributed by atoms with E-state index in [-0.39, 0.29) is 25.0 Å². The van der Waals surface area contributed by atoms with E-state index in [1.54, 1.807) is 17.2 Å². The van der Waals surface area contributed by atoms with Crippen LogP contribution in [0.1, 0.15) is 28.5 Å². The minimum atomic E-state index is -3.68. The normalized spacial score (nSPS) is 19.1. The highest BCUT2D eigenvalue weighted by atomic mass is 32.2. The number of carbonyl (C=O) groups is 1. The molecule has 112 valence electrons. The molecule has 1 saturated heterocycles. The molecule has 0 radical (unpaired) electrons. The van der Waals surface area contributed by atoms with Gasteiger partial charge in [0.2, 0.25) is 0 Å². The van der Waals surface area contributed by atoms with Crippen LogP contribution in [0.25, 0.3) is 0 Å². The first kappa shape index (κ1) is 15.3. The Morgan fingerprint density at radius 3 is 2.45 bits per heavy atom. The zero-order valence-electron chi connectivity index (χ0n) is 11.0. The first-order valence-corrected chi connectivity index (χ1v) is 8.45. The fourth-order valence-corrected chi connectivity index (χ4v) is 3.33. The van der Waals surface area contributed by atoms with E-state index in [9.17, 15) is 13.2 Å². The third kappa shape index (κ3) is 3.33. The lowest BCUT2D eigenvalue weighted by atomic mass is 10.3. The largest absolute Gasteiger partial charge is 0.335 e. The van der Waals surface area contributed by atoms with Gasteiger partial charge in [0.25, 0.3) is 16.1 Å². The molecular formula is C10H17N5O3S2. The summed E-state index contributed by atoms with van der Waals surface area (Å²) in [5.74, 6) is -0.206. The fourth-order valence-electron chi connectivity index (χ4n) is 1.90. The Balaban J connectivity index is 2.01. The van der Waals surface area contributed by atoms with Crippen LogP contribution >= 0.6 is 11.3 Å². The van der Waals surface area contributed by atoms with Crippen LogP contribution in [0, 0.1) is 0 Å². The summed E-state index contributed by atoms with van der Waals surface area (Å²) in [6.45, 7) is 2.82. The molecule has 0 aromatic carbocycles. The molecule has 1 aromatic rings. The van der Waals surface area contributed by atoms with Crippen molar-refractivity contribution in [3.05, 3.63) is 16.1 Å². The average Bonchev–Trinajstić information content (AvgIpc) is 2.86. The second-order valence-electron chi connectivity index (χ2n) is 4.60. The number of thiazole rings is 1. The number of aromatic nitrogens is 1. The van der Waals surface area contributed by atoms with Crippen molar-refractivity contribution in [2.45, 2.75) is 13.0 Å². The minimum absolute atomic E-state index is 0.203. The quantitative estimate of drug-likeness (QED) is 0.749. The smallest absolute Gasteiger partial charge is 0.277 e. The van der Waals surface area contributed by atoms with Crippen LogP contribution in [0.4, 0.5) is 0 Å². The Morgan fingerprint density at radius 1 is 1.40 bits per heavy atom.